The van der Waals surface area contributed by atoms with E-state index in [0.717, 1.165) is 0 Å². The minimum atomic E-state index is -1.24. The number of carbonyl (C=O) groups is 3. The Morgan fingerprint density at radius 1 is 1.17 bits per heavy atom. The summed E-state index contributed by atoms with van der Waals surface area (Å²) in [6.45, 7) is 7.43. The summed E-state index contributed by atoms with van der Waals surface area (Å²) in [5.74, 6) is -2.40. The van der Waals surface area contributed by atoms with Crippen LogP contribution in [0, 0.1) is 11.8 Å². The number of likely N-dealkylation sites (tertiary alicyclic amines) is 1. The molecule has 5 rings (SSSR count). The fourth-order valence-corrected chi connectivity index (χ4v) is 6.70. The molecule has 2 aromatic carbocycles. The zero-order valence-electron chi connectivity index (χ0n) is 23.2. The number of hydrogen-bond acceptors (Lipinski definition) is 7. The Balaban J connectivity index is 1.60. The van der Waals surface area contributed by atoms with Crippen LogP contribution in [0.3, 0.4) is 0 Å². The number of benzene rings is 2. The van der Waals surface area contributed by atoms with Crippen LogP contribution in [-0.2, 0) is 23.9 Å². The first-order chi connectivity index (χ1) is 19.9. The fourth-order valence-electron chi connectivity index (χ4n) is 6.70. The molecule has 3 aliphatic rings. The van der Waals surface area contributed by atoms with Crippen molar-refractivity contribution < 1.29 is 33.7 Å². The molecule has 0 saturated carbocycles. The molecule has 2 unspecified atom stereocenters. The van der Waals surface area contributed by atoms with Crippen molar-refractivity contribution in [3.63, 3.8) is 0 Å². The van der Waals surface area contributed by atoms with E-state index < -0.39 is 54.1 Å². The number of nitrogens with zero attached hydrogens (tertiary/aromatic N) is 2. The average Bonchev–Trinajstić information content (AvgIpc) is 3.64. The summed E-state index contributed by atoms with van der Waals surface area (Å²) in [6, 6.07) is 14.2. The smallest absolute Gasteiger partial charge is 0.312 e. The zero-order valence-corrected chi connectivity index (χ0v) is 23.2. The highest BCUT2D eigenvalue weighted by Crippen LogP contribution is 2.60. The van der Waals surface area contributed by atoms with E-state index in [-0.39, 0.29) is 19.1 Å². The summed E-state index contributed by atoms with van der Waals surface area (Å²) in [4.78, 5) is 45.4. The lowest BCUT2D eigenvalue weighted by molar-refractivity contribution is -0.155. The number of hydrogen-bond donors (Lipinski definition) is 1. The third-order valence-corrected chi connectivity index (χ3v) is 8.47. The summed E-state index contributed by atoms with van der Waals surface area (Å²) < 4.78 is 17.3. The van der Waals surface area contributed by atoms with Crippen molar-refractivity contribution >= 4 is 23.5 Å². The Morgan fingerprint density at radius 3 is 2.54 bits per heavy atom. The van der Waals surface area contributed by atoms with Gasteiger partial charge in [-0.3, -0.25) is 14.4 Å². The maximum Gasteiger partial charge on any atom is 0.312 e. The topological polar surface area (TPSA) is 106 Å². The van der Waals surface area contributed by atoms with Gasteiger partial charge >= 0.3 is 5.97 Å². The van der Waals surface area contributed by atoms with Crippen LogP contribution in [-0.4, -0.2) is 72.4 Å². The molecule has 41 heavy (non-hydrogen) atoms. The minimum Gasteiger partial charge on any atom is -0.497 e. The molecule has 3 saturated heterocycles. The molecule has 3 heterocycles. The summed E-state index contributed by atoms with van der Waals surface area (Å²) >= 11 is 0. The van der Waals surface area contributed by atoms with Gasteiger partial charge in [0.1, 0.15) is 17.4 Å². The number of anilines is 1. The van der Waals surface area contributed by atoms with Crippen molar-refractivity contribution in [3.05, 3.63) is 85.5 Å². The van der Waals surface area contributed by atoms with E-state index in [1.54, 1.807) is 48.4 Å². The van der Waals surface area contributed by atoms with Gasteiger partial charge in [-0.25, -0.2) is 0 Å². The normalized spacial score (nSPS) is 26.8. The lowest BCUT2D eigenvalue weighted by Gasteiger charge is -2.39. The third kappa shape index (κ3) is 4.83. The maximum absolute atomic E-state index is 14.7. The Morgan fingerprint density at radius 2 is 1.90 bits per heavy atom. The molecule has 216 valence electrons. The second-order valence-electron chi connectivity index (χ2n) is 10.6. The Labute approximate surface area is 240 Å². The van der Waals surface area contributed by atoms with E-state index in [1.165, 1.54) is 4.90 Å². The van der Waals surface area contributed by atoms with Crippen LogP contribution >= 0.6 is 0 Å². The van der Waals surface area contributed by atoms with Gasteiger partial charge in [-0.05, 0) is 49.1 Å². The zero-order chi connectivity index (χ0) is 29.1. The van der Waals surface area contributed by atoms with Gasteiger partial charge in [0.15, 0.2) is 0 Å². The van der Waals surface area contributed by atoms with Crippen LogP contribution in [0.5, 0.6) is 5.75 Å². The largest absolute Gasteiger partial charge is 0.497 e. The highest BCUT2D eigenvalue weighted by molar-refractivity contribution is 6.05. The van der Waals surface area contributed by atoms with Gasteiger partial charge in [0.05, 0.1) is 44.3 Å². The molecule has 3 aliphatic heterocycles. The SMILES string of the molecule is C=CCCOC(=O)[C@@H]1[C@@H]2CCC3(O2)C(C(=O)N(CC=C)c2ccc(OC)cc2)N([C@H](CO)c2ccccc2)C(=O)[C@H]13. The molecule has 0 aliphatic carbocycles. The van der Waals surface area contributed by atoms with Crippen molar-refractivity contribution in [2.75, 3.05) is 31.8 Å². The maximum atomic E-state index is 14.7. The number of methoxy groups -OCH3 is 1. The van der Waals surface area contributed by atoms with E-state index in [4.69, 9.17) is 14.2 Å². The molecule has 0 aromatic heterocycles. The Bertz CT molecular complexity index is 1300. The van der Waals surface area contributed by atoms with Gasteiger partial charge in [-0.15, -0.1) is 13.2 Å². The number of aliphatic hydroxyl groups excluding tert-OH is 1. The van der Waals surface area contributed by atoms with Crippen molar-refractivity contribution in [3.8, 4) is 5.75 Å². The third-order valence-electron chi connectivity index (χ3n) is 8.47. The van der Waals surface area contributed by atoms with Crippen molar-refractivity contribution in [1.29, 1.82) is 0 Å². The van der Waals surface area contributed by atoms with Gasteiger partial charge in [-0.2, -0.15) is 0 Å². The quantitative estimate of drug-likeness (QED) is 0.241. The van der Waals surface area contributed by atoms with Gasteiger partial charge in [0.2, 0.25) is 5.91 Å². The van der Waals surface area contributed by atoms with Gasteiger partial charge < -0.3 is 29.1 Å². The summed E-state index contributed by atoms with van der Waals surface area (Å²) in [5.41, 5.74) is 0.0303. The highest BCUT2D eigenvalue weighted by atomic mass is 16.6. The Hall–Kier alpha value is -3.95. The van der Waals surface area contributed by atoms with Crippen LogP contribution in [0.4, 0.5) is 5.69 Å². The van der Waals surface area contributed by atoms with Gasteiger partial charge in [-0.1, -0.05) is 42.5 Å². The highest BCUT2D eigenvalue weighted by Gasteiger charge is 2.75. The standard InChI is InChI=1S/C32H36N2O7/c1-4-6-19-40-31(38)26-25-16-17-32(41-25)27(26)29(36)34(24(20-35)21-10-8-7-9-11-21)28(32)30(37)33(18-5-2)22-12-14-23(39-3)15-13-22/h4-5,7-15,24-28,35H,1-2,6,16-20H2,3H3/t24-,25+,26-,27+,28?,32?/m1/s1. The monoisotopic (exact) mass is 560 g/mol. The lowest BCUT2D eigenvalue weighted by atomic mass is 9.70. The summed E-state index contributed by atoms with van der Waals surface area (Å²) in [5, 5.41) is 10.6. The molecule has 6 atom stereocenters. The fraction of sp³-hybridized carbons (Fsp3) is 0.406. The molecule has 1 spiro atoms. The minimum absolute atomic E-state index is 0.152. The predicted molar refractivity (Wildman–Crippen MR) is 152 cm³/mol. The van der Waals surface area contributed by atoms with Crippen LogP contribution in [0.25, 0.3) is 0 Å². The molecular weight excluding hydrogens is 524 g/mol. The van der Waals surface area contributed by atoms with Gasteiger partial charge in [0.25, 0.3) is 5.91 Å². The van der Waals surface area contributed by atoms with E-state index in [9.17, 15) is 19.5 Å². The predicted octanol–water partition coefficient (Wildman–Crippen LogP) is 3.44. The number of carbonyl (C=O) groups excluding carboxylic acids is 3. The van der Waals surface area contributed by atoms with Crippen LogP contribution in [0.2, 0.25) is 0 Å². The molecule has 9 heteroatoms. The van der Waals surface area contributed by atoms with Crippen LogP contribution in [0.1, 0.15) is 30.9 Å². The van der Waals surface area contributed by atoms with E-state index in [0.29, 0.717) is 36.3 Å². The molecule has 0 radical (unpaired) electrons. The number of amides is 2. The van der Waals surface area contributed by atoms with Crippen LogP contribution in [0.15, 0.2) is 79.9 Å². The number of fused-ring (bicyclic) bond motifs is 1. The molecule has 9 nitrogen and oxygen atoms in total. The van der Waals surface area contributed by atoms with Gasteiger partial charge in [0, 0.05) is 12.2 Å². The molecule has 1 N–H and O–H groups in total. The van der Waals surface area contributed by atoms with Crippen LogP contribution < -0.4 is 9.64 Å². The lowest BCUT2D eigenvalue weighted by Crippen LogP contribution is -2.57. The van der Waals surface area contributed by atoms with E-state index in [2.05, 4.69) is 13.2 Å². The van der Waals surface area contributed by atoms with Crippen molar-refractivity contribution in [1.82, 2.24) is 4.90 Å². The summed E-state index contributed by atoms with van der Waals surface area (Å²) in [6.07, 6.45) is 4.17. The average molecular weight is 561 g/mol. The van der Waals surface area contributed by atoms with E-state index in [1.807, 2.05) is 30.3 Å². The first kappa shape index (κ1) is 28.6. The van der Waals surface area contributed by atoms with Crippen molar-refractivity contribution in [2.45, 2.75) is 43.1 Å². The van der Waals surface area contributed by atoms with E-state index >= 15 is 0 Å². The Kier molecular flexibility index (Phi) is 8.28. The molecular formula is C32H36N2O7. The first-order valence-corrected chi connectivity index (χ1v) is 13.9. The summed E-state index contributed by atoms with van der Waals surface area (Å²) in [7, 11) is 1.56. The number of rotatable bonds is 12. The number of esters is 1. The molecule has 2 aromatic rings. The molecule has 3 fully saturated rings. The second-order valence-corrected chi connectivity index (χ2v) is 10.6. The number of aliphatic hydroxyl groups is 1. The first-order valence-electron chi connectivity index (χ1n) is 13.9. The second kappa shape index (κ2) is 11.9. The number of ether oxygens (including phenoxy) is 3. The molecule has 2 bridgehead atoms. The molecule has 2 amide bonds. The van der Waals surface area contributed by atoms with Crippen molar-refractivity contribution in [2.24, 2.45) is 11.8 Å².